The van der Waals surface area contributed by atoms with Crippen LogP contribution in [0.4, 0.5) is 9.18 Å². The first-order chi connectivity index (χ1) is 12.0. The third kappa shape index (κ3) is 3.16. The van der Waals surface area contributed by atoms with Gasteiger partial charge in [-0.05, 0) is 37.5 Å². The van der Waals surface area contributed by atoms with E-state index < -0.39 is 0 Å². The van der Waals surface area contributed by atoms with E-state index in [1.807, 2.05) is 0 Å². The van der Waals surface area contributed by atoms with Gasteiger partial charge in [0.1, 0.15) is 11.6 Å². The second kappa shape index (κ2) is 6.02. The molecule has 132 valence electrons. The van der Waals surface area contributed by atoms with E-state index in [0.29, 0.717) is 36.4 Å². The molecule has 1 spiro atoms. The molecule has 0 aliphatic carbocycles. The third-order valence-corrected chi connectivity index (χ3v) is 5.14. The van der Waals surface area contributed by atoms with Crippen LogP contribution < -0.4 is 10.6 Å². The SMILES string of the molecule is O=C1CCC2(CCN(C(=O)NCc3nc4ccc(F)cc4[nH]3)CC2)N1. The van der Waals surface area contributed by atoms with Crippen molar-refractivity contribution in [3.8, 4) is 0 Å². The van der Waals surface area contributed by atoms with E-state index in [-0.39, 0.29) is 29.8 Å². The van der Waals surface area contributed by atoms with E-state index in [2.05, 4.69) is 20.6 Å². The second-order valence-corrected chi connectivity index (χ2v) is 6.82. The third-order valence-electron chi connectivity index (χ3n) is 5.14. The molecule has 2 saturated heterocycles. The summed E-state index contributed by atoms with van der Waals surface area (Å²) >= 11 is 0. The van der Waals surface area contributed by atoms with Gasteiger partial charge in [0.05, 0.1) is 17.6 Å². The van der Waals surface area contributed by atoms with Gasteiger partial charge in [0.2, 0.25) is 5.91 Å². The number of halogens is 1. The van der Waals surface area contributed by atoms with Crippen molar-refractivity contribution in [1.82, 2.24) is 25.5 Å². The molecular weight excluding hydrogens is 325 g/mol. The fourth-order valence-corrected chi connectivity index (χ4v) is 3.68. The highest BCUT2D eigenvalue weighted by Gasteiger charge is 2.40. The lowest BCUT2D eigenvalue weighted by Crippen LogP contribution is -2.53. The minimum atomic E-state index is -0.326. The molecule has 25 heavy (non-hydrogen) atoms. The summed E-state index contributed by atoms with van der Waals surface area (Å²) in [5.41, 5.74) is 1.17. The molecule has 1 aromatic heterocycles. The van der Waals surface area contributed by atoms with Crippen molar-refractivity contribution in [1.29, 1.82) is 0 Å². The van der Waals surface area contributed by atoms with Gasteiger partial charge in [-0.25, -0.2) is 14.2 Å². The molecule has 1 aromatic carbocycles. The Morgan fingerprint density at radius 2 is 2.12 bits per heavy atom. The number of imidazole rings is 1. The number of piperidine rings is 1. The fraction of sp³-hybridized carbons (Fsp3) is 0.471. The smallest absolute Gasteiger partial charge is 0.317 e. The summed E-state index contributed by atoms with van der Waals surface area (Å²) in [5, 5.41) is 5.91. The van der Waals surface area contributed by atoms with Crippen LogP contribution in [0, 0.1) is 5.82 Å². The number of nitrogens with one attached hydrogen (secondary N) is 3. The van der Waals surface area contributed by atoms with Crippen LogP contribution in [0.1, 0.15) is 31.5 Å². The number of fused-ring (bicyclic) bond motifs is 1. The predicted molar refractivity (Wildman–Crippen MR) is 89.2 cm³/mol. The Balaban J connectivity index is 1.32. The van der Waals surface area contributed by atoms with Gasteiger partial charge in [0.25, 0.3) is 0 Å². The van der Waals surface area contributed by atoms with Crippen LogP contribution in [0.5, 0.6) is 0 Å². The fourth-order valence-electron chi connectivity index (χ4n) is 3.68. The van der Waals surface area contributed by atoms with E-state index in [1.54, 1.807) is 11.0 Å². The van der Waals surface area contributed by atoms with Gasteiger partial charge in [-0.2, -0.15) is 0 Å². The number of hydrogen-bond acceptors (Lipinski definition) is 3. The molecule has 3 N–H and O–H groups in total. The van der Waals surface area contributed by atoms with Crippen LogP contribution in [0.25, 0.3) is 11.0 Å². The first kappa shape index (κ1) is 15.9. The number of likely N-dealkylation sites (tertiary alicyclic amines) is 1. The average molecular weight is 345 g/mol. The standard InChI is InChI=1S/C17H20FN5O2/c18-11-1-2-12-13(9-11)21-14(20-12)10-19-16(25)23-7-5-17(6-8-23)4-3-15(24)22-17/h1-2,9H,3-8,10H2,(H,19,25)(H,20,21)(H,22,24). The topological polar surface area (TPSA) is 90.1 Å². The maximum atomic E-state index is 13.2. The quantitative estimate of drug-likeness (QED) is 0.773. The Morgan fingerprint density at radius 1 is 1.32 bits per heavy atom. The normalized spacial score (nSPS) is 19.4. The highest BCUT2D eigenvalue weighted by Crippen LogP contribution is 2.31. The van der Waals surface area contributed by atoms with Crippen LogP contribution >= 0.6 is 0 Å². The molecule has 3 amide bonds. The minimum absolute atomic E-state index is 0.110. The van der Waals surface area contributed by atoms with E-state index in [4.69, 9.17) is 0 Å². The number of carbonyl (C=O) groups is 2. The maximum Gasteiger partial charge on any atom is 0.317 e. The minimum Gasteiger partial charge on any atom is -0.351 e. The number of nitrogens with zero attached hydrogens (tertiary/aromatic N) is 2. The Labute approximate surface area is 144 Å². The van der Waals surface area contributed by atoms with Crippen molar-refractivity contribution in [3.05, 3.63) is 29.8 Å². The highest BCUT2D eigenvalue weighted by atomic mass is 19.1. The summed E-state index contributed by atoms with van der Waals surface area (Å²) in [6.07, 6.45) is 3.02. The summed E-state index contributed by atoms with van der Waals surface area (Å²) in [6.45, 7) is 1.50. The van der Waals surface area contributed by atoms with Crippen LogP contribution in [-0.2, 0) is 11.3 Å². The van der Waals surface area contributed by atoms with Crippen LogP contribution in [0.15, 0.2) is 18.2 Å². The number of aromatic nitrogens is 2. The van der Waals surface area contributed by atoms with Crippen molar-refractivity contribution in [2.75, 3.05) is 13.1 Å². The van der Waals surface area contributed by atoms with Crippen molar-refractivity contribution in [2.45, 2.75) is 37.8 Å². The maximum absolute atomic E-state index is 13.2. The zero-order valence-corrected chi connectivity index (χ0v) is 13.8. The second-order valence-electron chi connectivity index (χ2n) is 6.82. The summed E-state index contributed by atoms with van der Waals surface area (Å²) < 4.78 is 13.2. The first-order valence-corrected chi connectivity index (χ1v) is 8.51. The lowest BCUT2D eigenvalue weighted by molar-refractivity contribution is -0.120. The van der Waals surface area contributed by atoms with Gasteiger partial charge in [-0.1, -0.05) is 0 Å². The number of hydrogen-bond donors (Lipinski definition) is 3. The number of amides is 3. The van der Waals surface area contributed by atoms with Gasteiger partial charge in [0.15, 0.2) is 0 Å². The zero-order chi connectivity index (χ0) is 17.4. The van der Waals surface area contributed by atoms with Gasteiger partial charge in [-0.15, -0.1) is 0 Å². The summed E-state index contributed by atoms with van der Waals surface area (Å²) in [4.78, 5) is 32.9. The number of benzene rings is 1. The van der Waals surface area contributed by atoms with E-state index in [0.717, 1.165) is 19.3 Å². The number of H-pyrrole nitrogens is 1. The molecule has 4 rings (SSSR count). The lowest BCUT2D eigenvalue weighted by Gasteiger charge is -2.39. The van der Waals surface area contributed by atoms with E-state index in [1.165, 1.54) is 12.1 Å². The molecule has 2 fully saturated rings. The van der Waals surface area contributed by atoms with E-state index >= 15 is 0 Å². The monoisotopic (exact) mass is 345 g/mol. The molecule has 2 aliphatic heterocycles. The molecule has 2 aromatic rings. The molecule has 0 saturated carbocycles. The molecular formula is C17H20FN5O2. The van der Waals surface area contributed by atoms with Crippen LogP contribution in [0.2, 0.25) is 0 Å². The highest BCUT2D eigenvalue weighted by molar-refractivity contribution is 5.80. The Hall–Kier alpha value is -2.64. The van der Waals surface area contributed by atoms with Crippen molar-refractivity contribution in [2.24, 2.45) is 0 Å². The molecule has 2 aliphatic rings. The van der Waals surface area contributed by atoms with Crippen molar-refractivity contribution >= 4 is 23.0 Å². The first-order valence-electron chi connectivity index (χ1n) is 8.51. The van der Waals surface area contributed by atoms with E-state index in [9.17, 15) is 14.0 Å². The lowest BCUT2D eigenvalue weighted by atomic mass is 9.86. The molecule has 8 heteroatoms. The summed E-state index contributed by atoms with van der Waals surface area (Å²) in [6, 6.07) is 4.20. The van der Waals surface area contributed by atoms with Gasteiger partial charge < -0.3 is 20.5 Å². The molecule has 7 nitrogen and oxygen atoms in total. The average Bonchev–Trinajstić information content (AvgIpc) is 3.16. The van der Waals surface area contributed by atoms with Gasteiger partial charge in [0, 0.05) is 25.0 Å². The molecule has 0 bridgehead atoms. The number of urea groups is 1. The molecule has 0 unspecified atom stereocenters. The number of carbonyl (C=O) groups excluding carboxylic acids is 2. The predicted octanol–water partition coefficient (Wildman–Crippen LogP) is 1.66. The van der Waals surface area contributed by atoms with Crippen LogP contribution in [0.3, 0.4) is 0 Å². The Bertz CT molecular complexity index is 826. The van der Waals surface area contributed by atoms with Gasteiger partial charge in [-0.3, -0.25) is 4.79 Å². The largest absolute Gasteiger partial charge is 0.351 e. The summed E-state index contributed by atoms with van der Waals surface area (Å²) in [5.74, 6) is 0.373. The van der Waals surface area contributed by atoms with Gasteiger partial charge >= 0.3 is 6.03 Å². The molecule has 0 atom stereocenters. The van der Waals surface area contributed by atoms with Crippen molar-refractivity contribution < 1.29 is 14.0 Å². The number of aromatic amines is 1. The Kier molecular flexibility index (Phi) is 3.82. The molecule has 0 radical (unpaired) electrons. The van der Waals surface area contributed by atoms with Crippen LogP contribution in [-0.4, -0.2) is 45.4 Å². The van der Waals surface area contributed by atoms with Crippen molar-refractivity contribution in [3.63, 3.8) is 0 Å². The molecule has 3 heterocycles. The number of rotatable bonds is 2. The summed E-state index contributed by atoms with van der Waals surface area (Å²) in [7, 11) is 0. The Morgan fingerprint density at radius 3 is 2.84 bits per heavy atom. The zero-order valence-electron chi connectivity index (χ0n) is 13.8.